The summed E-state index contributed by atoms with van der Waals surface area (Å²) in [5.74, 6) is -0.463. The lowest BCUT2D eigenvalue weighted by molar-refractivity contribution is -0.116. The van der Waals surface area contributed by atoms with Crippen molar-refractivity contribution in [2.45, 2.75) is 39.3 Å². The zero-order chi connectivity index (χ0) is 15.7. The van der Waals surface area contributed by atoms with Crippen LogP contribution in [0.1, 0.15) is 37.6 Å². The number of benzene rings is 1. The quantitative estimate of drug-likeness (QED) is 0.910. The molecule has 0 unspecified atom stereocenters. The Balaban J connectivity index is 1.73. The molecular weight excluding hydrogens is 285 g/mol. The molecular formula is C15H18FN5O. The molecule has 0 saturated carbocycles. The van der Waals surface area contributed by atoms with Gasteiger partial charge in [0.1, 0.15) is 11.5 Å². The molecule has 22 heavy (non-hydrogen) atoms. The van der Waals surface area contributed by atoms with Crippen molar-refractivity contribution in [1.29, 1.82) is 0 Å². The number of fused-ring (bicyclic) bond motifs is 1. The highest BCUT2D eigenvalue weighted by Crippen LogP contribution is 2.28. The summed E-state index contributed by atoms with van der Waals surface area (Å²) in [5, 5.41) is 13.8. The van der Waals surface area contributed by atoms with Crippen LogP contribution in [0.15, 0.2) is 18.3 Å². The fourth-order valence-corrected chi connectivity index (χ4v) is 2.37. The highest BCUT2D eigenvalue weighted by Gasteiger charge is 2.17. The summed E-state index contributed by atoms with van der Waals surface area (Å²) in [4.78, 5) is 11.3. The molecule has 2 aromatic rings. The van der Waals surface area contributed by atoms with Crippen molar-refractivity contribution >= 4 is 17.3 Å². The average molecular weight is 303 g/mol. The molecule has 1 aliphatic heterocycles. The molecule has 7 heteroatoms. The molecule has 2 N–H and O–H groups in total. The third kappa shape index (κ3) is 2.93. The van der Waals surface area contributed by atoms with Gasteiger partial charge in [0.05, 0.1) is 18.4 Å². The number of hydrogen-bond acceptors (Lipinski definition) is 4. The van der Waals surface area contributed by atoms with Crippen LogP contribution in [-0.2, 0) is 17.8 Å². The van der Waals surface area contributed by atoms with Crippen molar-refractivity contribution in [3.05, 3.63) is 35.4 Å². The highest BCUT2D eigenvalue weighted by atomic mass is 19.1. The van der Waals surface area contributed by atoms with E-state index in [1.54, 1.807) is 10.7 Å². The number of nitrogens with zero attached hydrogens (tertiary/aromatic N) is 3. The second-order valence-corrected chi connectivity index (χ2v) is 5.67. The summed E-state index contributed by atoms with van der Waals surface area (Å²) in [5.41, 5.74) is 2.66. The maximum Gasteiger partial charge on any atom is 0.224 e. The van der Waals surface area contributed by atoms with E-state index in [-0.39, 0.29) is 11.9 Å². The predicted molar refractivity (Wildman–Crippen MR) is 81.1 cm³/mol. The Hall–Kier alpha value is -2.44. The van der Waals surface area contributed by atoms with Crippen molar-refractivity contribution in [1.82, 2.24) is 15.0 Å². The maximum atomic E-state index is 14.1. The van der Waals surface area contributed by atoms with E-state index < -0.39 is 5.82 Å². The molecule has 0 bridgehead atoms. The van der Waals surface area contributed by atoms with E-state index in [1.165, 1.54) is 6.07 Å². The summed E-state index contributed by atoms with van der Waals surface area (Å²) >= 11 is 0. The Kier molecular flexibility index (Phi) is 3.79. The fourth-order valence-electron chi connectivity index (χ4n) is 2.37. The summed E-state index contributed by atoms with van der Waals surface area (Å²) in [7, 11) is 0. The normalized spacial score (nSPS) is 13.9. The van der Waals surface area contributed by atoms with Crippen LogP contribution in [-0.4, -0.2) is 20.9 Å². The van der Waals surface area contributed by atoms with E-state index in [1.807, 2.05) is 20.0 Å². The summed E-state index contributed by atoms with van der Waals surface area (Å²) < 4.78 is 15.8. The third-order valence-corrected chi connectivity index (χ3v) is 3.64. The van der Waals surface area contributed by atoms with Gasteiger partial charge in [-0.05, 0) is 38.0 Å². The molecule has 1 amide bonds. The molecule has 0 fully saturated rings. The minimum atomic E-state index is -0.391. The van der Waals surface area contributed by atoms with E-state index >= 15 is 0 Å². The van der Waals surface area contributed by atoms with Crippen LogP contribution in [0.5, 0.6) is 0 Å². The fraction of sp³-hybridized carbons (Fsp3) is 0.400. The smallest absolute Gasteiger partial charge is 0.224 e. The van der Waals surface area contributed by atoms with Crippen LogP contribution < -0.4 is 10.6 Å². The third-order valence-electron chi connectivity index (χ3n) is 3.64. The molecule has 1 aliphatic rings. The van der Waals surface area contributed by atoms with Crippen LogP contribution in [0.25, 0.3) is 0 Å². The van der Waals surface area contributed by atoms with Gasteiger partial charge in [0, 0.05) is 18.2 Å². The standard InChI is InChI=1S/C15H18FN5O/c1-9(2)21-8-11(19-20-21)7-17-14-5-10-3-4-15(22)18-13(10)6-12(14)16/h5-6,8-9,17H,3-4,7H2,1-2H3,(H,18,22). The van der Waals surface area contributed by atoms with Gasteiger partial charge in [0.2, 0.25) is 5.91 Å². The summed E-state index contributed by atoms with van der Waals surface area (Å²) in [6.45, 7) is 4.43. The van der Waals surface area contributed by atoms with Crippen LogP contribution >= 0.6 is 0 Å². The van der Waals surface area contributed by atoms with E-state index in [0.717, 1.165) is 11.3 Å². The zero-order valence-electron chi connectivity index (χ0n) is 12.6. The molecule has 0 saturated heterocycles. The number of rotatable bonds is 4. The number of amides is 1. The molecule has 6 nitrogen and oxygen atoms in total. The molecule has 3 rings (SSSR count). The Morgan fingerprint density at radius 1 is 1.41 bits per heavy atom. The minimum absolute atomic E-state index is 0.0714. The number of anilines is 2. The molecule has 0 radical (unpaired) electrons. The number of halogens is 1. The number of hydrogen-bond donors (Lipinski definition) is 2. The predicted octanol–water partition coefficient (Wildman–Crippen LogP) is 2.49. The monoisotopic (exact) mass is 303 g/mol. The first-order valence-electron chi connectivity index (χ1n) is 7.30. The Bertz CT molecular complexity index is 710. The second-order valence-electron chi connectivity index (χ2n) is 5.67. The second kappa shape index (κ2) is 5.75. The molecule has 0 aliphatic carbocycles. The maximum absolute atomic E-state index is 14.1. The first-order valence-corrected chi connectivity index (χ1v) is 7.30. The topological polar surface area (TPSA) is 71.8 Å². The number of carbonyl (C=O) groups excluding carboxylic acids is 1. The van der Waals surface area contributed by atoms with Gasteiger partial charge in [-0.3, -0.25) is 4.79 Å². The first kappa shape index (κ1) is 14.5. The van der Waals surface area contributed by atoms with Gasteiger partial charge in [-0.2, -0.15) is 0 Å². The summed E-state index contributed by atoms with van der Waals surface area (Å²) in [6.07, 6.45) is 2.90. The molecule has 1 aromatic carbocycles. The Morgan fingerprint density at radius 3 is 2.95 bits per heavy atom. The number of carbonyl (C=O) groups is 1. The van der Waals surface area contributed by atoms with E-state index in [4.69, 9.17) is 0 Å². The van der Waals surface area contributed by atoms with Crippen molar-refractivity contribution in [3.63, 3.8) is 0 Å². The molecule has 1 aromatic heterocycles. The highest BCUT2D eigenvalue weighted by molar-refractivity contribution is 5.94. The van der Waals surface area contributed by atoms with Crippen molar-refractivity contribution < 1.29 is 9.18 Å². The number of nitrogens with one attached hydrogen (secondary N) is 2. The number of aryl methyl sites for hydroxylation is 1. The van der Waals surface area contributed by atoms with Gasteiger partial charge >= 0.3 is 0 Å². The van der Waals surface area contributed by atoms with Crippen LogP contribution in [0.2, 0.25) is 0 Å². The summed E-state index contributed by atoms with van der Waals surface area (Å²) in [6, 6.07) is 3.35. The number of aromatic nitrogens is 3. The van der Waals surface area contributed by atoms with E-state index in [9.17, 15) is 9.18 Å². The first-order chi connectivity index (χ1) is 10.5. The van der Waals surface area contributed by atoms with Gasteiger partial charge in [-0.1, -0.05) is 5.21 Å². The minimum Gasteiger partial charge on any atom is -0.377 e. The van der Waals surface area contributed by atoms with Crippen molar-refractivity contribution in [2.24, 2.45) is 0 Å². The molecule has 0 spiro atoms. The average Bonchev–Trinajstić information content (AvgIpc) is 2.94. The van der Waals surface area contributed by atoms with Gasteiger partial charge in [0.15, 0.2) is 0 Å². The SMILES string of the molecule is CC(C)n1cc(CNc2cc3c(cc2F)NC(=O)CC3)nn1. The molecule has 0 atom stereocenters. The van der Waals surface area contributed by atoms with Gasteiger partial charge in [-0.15, -0.1) is 5.10 Å². The van der Waals surface area contributed by atoms with Crippen LogP contribution in [0.3, 0.4) is 0 Å². The molecule has 2 heterocycles. The zero-order valence-corrected chi connectivity index (χ0v) is 12.6. The van der Waals surface area contributed by atoms with Crippen molar-refractivity contribution in [3.8, 4) is 0 Å². The lowest BCUT2D eigenvalue weighted by Gasteiger charge is -2.18. The lowest BCUT2D eigenvalue weighted by Crippen LogP contribution is -2.19. The van der Waals surface area contributed by atoms with E-state index in [0.29, 0.717) is 30.8 Å². The Morgan fingerprint density at radius 2 is 2.23 bits per heavy atom. The van der Waals surface area contributed by atoms with Crippen LogP contribution in [0, 0.1) is 5.82 Å². The lowest BCUT2D eigenvalue weighted by atomic mass is 10.0. The van der Waals surface area contributed by atoms with Gasteiger partial charge < -0.3 is 10.6 Å². The molecule has 116 valence electrons. The Labute approximate surface area is 127 Å². The van der Waals surface area contributed by atoms with Crippen molar-refractivity contribution in [2.75, 3.05) is 10.6 Å². The van der Waals surface area contributed by atoms with Gasteiger partial charge in [-0.25, -0.2) is 9.07 Å². The largest absolute Gasteiger partial charge is 0.377 e. The van der Waals surface area contributed by atoms with Gasteiger partial charge in [0.25, 0.3) is 0 Å². The van der Waals surface area contributed by atoms with Crippen LogP contribution in [0.4, 0.5) is 15.8 Å². The van der Waals surface area contributed by atoms with E-state index in [2.05, 4.69) is 20.9 Å².